The quantitative estimate of drug-likeness (QED) is 0.164. The fourth-order valence-electron chi connectivity index (χ4n) is 9.27. The summed E-state index contributed by atoms with van der Waals surface area (Å²) in [6.45, 7) is 7.30. The third-order valence-electron chi connectivity index (χ3n) is 12.8. The van der Waals surface area contributed by atoms with Gasteiger partial charge in [0, 0.05) is 106 Å². The summed E-state index contributed by atoms with van der Waals surface area (Å²) in [5.41, 5.74) is 13.9. The van der Waals surface area contributed by atoms with Crippen LogP contribution in [-0.2, 0) is 14.4 Å². The molecule has 0 unspecified atom stereocenters. The number of amides is 3. The van der Waals surface area contributed by atoms with E-state index in [2.05, 4.69) is 20.0 Å². The van der Waals surface area contributed by atoms with Gasteiger partial charge < -0.3 is 40.9 Å². The summed E-state index contributed by atoms with van der Waals surface area (Å²) in [7, 11) is 0. The lowest BCUT2D eigenvalue weighted by molar-refractivity contribution is -0.167. The number of nitrogens with zero attached hydrogens (tertiary/aromatic N) is 4. The number of nitrogens with one attached hydrogen (secondary N) is 1. The summed E-state index contributed by atoms with van der Waals surface area (Å²) in [6, 6.07) is 20.3. The number of piperidine rings is 4. The number of aromatic hydroxyl groups is 1. The van der Waals surface area contributed by atoms with E-state index in [-0.39, 0.29) is 28.9 Å². The highest BCUT2D eigenvalue weighted by atomic mass is 19.1. The van der Waals surface area contributed by atoms with Gasteiger partial charge in [0.15, 0.2) is 5.60 Å². The maximum absolute atomic E-state index is 14.4. The Morgan fingerprint density at radius 1 is 0.833 bits per heavy atom. The van der Waals surface area contributed by atoms with Crippen LogP contribution < -0.4 is 26.4 Å². The van der Waals surface area contributed by atoms with E-state index < -0.39 is 17.2 Å². The summed E-state index contributed by atoms with van der Waals surface area (Å²) in [6.07, 6.45) is 10.1. The maximum Gasteiger partial charge on any atom is 0.266 e. The molecule has 3 aromatic carbocycles. The number of hydrogen-bond donors (Lipinski definition) is 4. The lowest BCUT2D eigenvalue weighted by Gasteiger charge is -2.56. The van der Waals surface area contributed by atoms with Crippen LogP contribution in [0.25, 0.3) is 5.70 Å². The number of carbonyl (C=O) groups excluding carboxylic acids is 3. The van der Waals surface area contributed by atoms with Crippen LogP contribution in [0.3, 0.4) is 0 Å². The summed E-state index contributed by atoms with van der Waals surface area (Å²) in [4.78, 5) is 43.9. The van der Waals surface area contributed by atoms with Gasteiger partial charge in [0.05, 0.1) is 5.70 Å². The van der Waals surface area contributed by atoms with Crippen LogP contribution in [0, 0.1) is 23.0 Å². The number of nitrogens with two attached hydrogens (primary N) is 2. The molecular weight excluding hydrogens is 769 g/mol. The molecule has 5 aliphatic heterocycles. The predicted molar refractivity (Wildman–Crippen MR) is 226 cm³/mol. The fourth-order valence-corrected chi connectivity index (χ4v) is 9.27. The third-order valence-corrected chi connectivity index (χ3v) is 12.8. The largest absolute Gasteiger partial charge is 0.507 e. The molecule has 6 N–H and O–H groups in total. The third kappa shape index (κ3) is 10.2. The number of benzene rings is 3. The number of phenols is 1. The molecule has 3 amide bonds. The molecule has 8 rings (SSSR count). The van der Waals surface area contributed by atoms with Crippen LogP contribution in [-0.4, -0.2) is 102 Å². The van der Waals surface area contributed by atoms with E-state index in [1.807, 2.05) is 41.3 Å². The molecule has 5 saturated heterocycles. The minimum atomic E-state index is -0.987. The first-order chi connectivity index (χ1) is 28.9. The van der Waals surface area contributed by atoms with Crippen LogP contribution >= 0.6 is 0 Å². The number of anilines is 1. The van der Waals surface area contributed by atoms with E-state index >= 15 is 0 Å². The van der Waals surface area contributed by atoms with Crippen LogP contribution in [0.1, 0.15) is 63.4 Å². The summed E-state index contributed by atoms with van der Waals surface area (Å²) < 4.78 is 34.1. The first-order valence-corrected chi connectivity index (χ1v) is 21.2. The second-order valence-corrected chi connectivity index (χ2v) is 16.9. The highest BCUT2D eigenvalue weighted by molar-refractivity contribution is 5.97. The van der Waals surface area contributed by atoms with E-state index in [1.54, 1.807) is 24.3 Å². The van der Waals surface area contributed by atoms with Crippen molar-refractivity contribution in [3.63, 3.8) is 0 Å². The Hall–Kier alpha value is -5.63. The first-order valence-electron chi connectivity index (χ1n) is 21.2. The Morgan fingerprint density at radius 3 is 2.03 bits per heavy atom. The van der Waals surface area contributed by atoms with Gasteiger partial charge in [-0.05, 0) is 93.6 Å². The Morgan fingerprint density at radius 2 is 1.45 bits per heavy atom. The van der Waals surface area contributed by atoms with E-state index in [4.69, 9.17) is 16.2 Å². The standard InChI is InChI=1S/C41H50F2N6O3.C5H7NO2/c42-31-22-32(43)24-33(23-31)47-16-10-30(11-17-47)27-46-18-12-40(13-19-46)28-49(29-40)39(51)41(52-35-6-2-1-3-7-35)14-20-48(21-15-41)34(26-44)25-37(45)36-8-4-5-9-38(36)50;7-4-2-1-3-5(8)6-4/h1-9,22-26,30,50H,10-21,27-29,44-45H2;1-3H2,(H,6,7,8)/b34-26+,37-25-;. The summed E-state index contributed by atoms with van der Waals surface area (Å²) in [5.74, 6) is 0.0604. The molecule has 60 heavy (non-hydrogen) atoms. The number of likely N-dealkylation sites (tertiary alicyclic amines) is 3. The minimum absolute atomic E-state index is 0.0523. The van der Waals surface area contributed by atoms with Crippen molar-refractivity contribution in [1.29, 1.82) is 0 Å². The van der Waals surface area contributed by atoms with Crippen molar-refractivity contribution in [3.05, 3.63) is 108 Å². The predicted octanol–water partition coefficient (Wildman–Crippen LogP) is 5.34. The Labute approximate surface area is 350 Å². The number of hydrogen-bond acceptors (Lipinski definition) is 10. The van der Waals surface area contributed by atoms with Gasteiger partial charge in [-0.3, -0.25) is 19.7 Å². The van der Waals surface area contributed by atoms with Gasteiger partial charge in [-0.1, -0.05) is 30.3 Å². The molecule has 1 spiro atoms. The first kappa shape index (κ1) is 42.5. The van der Waals surface area contributed by atoms with Gasteiger partial charge in [-0.25, -0.2) is 8.78 Å². The molecule has 5 heterocycles. The van der Waals surface area contributed by atoms with Crippen molar-refractivity contribution in [2.24, 2.45) is 22.8 Å². The number of phenolic OH excluding ortho intramolecular Hbond substituents is 1. The van der Waals surface area contributed by atoms with Gasteiger partial charge in [0.1, 0.15) is 23.1 Å². The number of carbonyl (C=O) groups is 3. The summed E-state index contributed by atoms with van der Waals surface area (Å²) >= 11 is 0. The van der Waals surface area contributed by atoms with E-state index in [9.17, 15) is 28.3 Å². The zero-order valence-electron chi connectivity index (χ0n) is 34.2. The van der Waals surface area contributed by atoms with Crippen molar-refractivity contribution >= 4 is 29.1 Å². The lowest BCUT2D eigenvalue weighted by atomic mass is 9.71. The molecule has 320 valence electrons. The molecular formula is C46H57F2N7O5. The molecule has 5 aliphatic rings. The molecule has 0 radical (unpaired) electrons. The van der Waals surface area contributed by atoms with Crippen molar-refractivity contribution in [2.45, 2.75) is 63.4 Å². The highest BCUT2D eigenvalue weighted by Gasteiger charge is 2.53. The lowest BCUT2D eigenvalue weighted by Crippen LogP contribution is -2.68. The van der Waals surface area contributed by atoms with E-state index in [0.717, 1.165) is 83.3 Å². The minimum Gasteiger partial charge on any atom is -0.507 e. The normalized spacial score (nSPS) is 21.1. The average molecular weight is 826 g/mol. The Bertz CT molecular complexity index is 2010. The number of rotatable bonds is 9. The molecule has 14 heteroatoms. The smallest absolute Gasteiger partial charge is 0.266 e. The van der Waals surface area contributed by atoms with Crippen LogP contribution in [0.4, 0.5) is 14.5 Å². The molecule has 0 saturated carbocycles. The Kier molecular flexibility index (Phi) is 13.3. The van der Waals surface area contributed by atoms with Gasteiger partial charge >= 0.3 is 0 Å². The zero-order valence-corrected chi connectivity index (χ0v) is 34.2. The Balaban J connectivity index is 0.000000611. The van der Waals surface area contributed by atoms with Crippen LogP contribution in [0.15, 0.2) is 90.8 Å². The maximum atomic E-state index is 14.4. The second-order valence-electron chi connectivity index (χ2n) is 16.9. The number of imide groups is 1. The van der Waals surface area contributed by atoms with Gasteiger partial charge in [-0.15, -0.1) is 0 Å². The topological polar surface area (TPSA) is 158 Å². The average Bonchev–Trinajstić information content (AvgIpc) is 3.23. The highest BCUT2D eigenvalue weighted by Crippen LogP contribution is 2.44. The number of halogens is 2. The fraction of sp³-hybridized carbons (Fsp3) is 0.457. The monoisotopic (exact) mass is 825 g/mol. The number of allylic oxidation sites excluding steroid dienone is 1. The van der Waals surface area contributed by atoms with Gasteiger partial charge in [-0.2, -0.15) is 0 Å². The molecule has 0 aliphatic carbocycles. The van der Waals surface area contributed by atoms with Gasteiger partial charge in [0.2, 0.25) is 11.8 Å². The van der Waals surface area contributed by atoms with E-state index in [0.29, 0.717) is 73.8 Å². The zero-order chi connectivity index (χ0) is 42.3. The molecule has 12 nitrogen and oxygen atoms in total. The SMILES string of the molecule is N/C=C(\C=C(/N)c1ccccc1O)N1CCC(Oc2ccccc2)(C(=O)N2CC3(CCN(CC4CCN(c5cc(F)cc(F)c5)CC4)CC3)C2)CC1.O=C1CCCC(=O)N1. The number of ether oxygens (including phenoxy) is 1. The van der Waals surface area contributed by atoms with Crippen molar-refractivity contribution in [1.82, 2.24) is 20.0 Å². The van der Waals surface area contributed by atoms with E-state index in [1.165, 1.54) is 18.3 Å². The van der Waals surface area contributed by atoms with Crippen LogP contribution in [0.2, 0.25) is 0 Å². The van der Waals surface area contributed by atoms with Crippen molar-refractivity contribution in [2.75, 3.05) is 63.8 Å². The molecule has 0 aromatic heterocycles. The van der Waals surface area contributed by atoms with Crippen LogP contribution in [0.5, 0.6) is 11.5 Å². The summed E-state index contributed by atoms with van der Waals surface area (Å²) in [5, 5.41) is 12.5. The molecule has 5 fully saturated rings. The molecule has 0 atom stereocenters. The number of para-hydroxylation sites is 2. The molecule has 0 bridgehead atoms. The van der Waals surface area contributed by atoms with Gasteiger partial charge in [0.25, 0.3) is 5.91 Å². The van der Waals surface area contributed by atoms with Crippen molar-refractivity contribution < 1.29 is 33.0 Å². The van der Waals surface area contributed by atoms with Crippen molar-refractivity contribution in [3.8, 4) is 11.5 Å². The second kappa shape index (κ2) is 18.7. The molecule has 3 aromatic rings.